The zero-order chi connectivity index (χ0) is 30.1. The number of carbonyl (C=O) groups is 2. The molecule has 0 bridgehead atoms. The average Bonchev–Trinajstić information content (AvgIpc) is 3.02. The Kier molecular flexibility index (Phi) is 10.5. The minimum atomic E-state index is -3.88. The number of nitrogens with one attached hydrogen (secondary N) is 1. The minimum absolute atomic E-state index is 0.0980. The van der Waals surface area contributed by atoms with Crippen molar-refractivity contribution in [3.63, 3.8) is 0 Å². The van der Waals surface area contributed by atoms with Gasteiger partial charge in [0.15, 0.2) is 11.5 Å². The van der Waals surface area contributed by atoms with Gasteiger partial charge in [0.1, 0.15) is 25.8 Å². The smallest absolute Gasteiger partial charge is 0.244 e. The molecule has 0 aliphatic carbocycles. The summed E-state index contributed by atoms with van der Waals surface area (Å²) in [6.45, 7) is 5.81. The number of carbonyl (C=O) groups excluding carboxylic acids is 2. The number of benzene rings is 3. The second-order valence-corrected chi connectivity index (χ2v) is 12.4. The van der Waals surface area contributed by atoms with E-state index in [4.69, 9.17) is 9.47 Å². The van der Waals surface area contributed by atoms with Crippen LogP contribution in [-0.4, -0.2) is 62.7 Å². The zero-order valence-corrected chi connectivity index (χ0v) is 25.2. The summed E-state index contributed by atoms with van der Waals surface area (Å²) >= 11 is 0. The highest BCUT2D eigenvalue weighted by Gasteiger charge is 2.34. The Bertz CT molecular complexity index is 1450. The van der Waals surface area contributed by atoms with Crippen LogP contribution in [0.2, 0.25) is 0 Å². The fraction of sp³-hybridized carbons (Fsp3) is 0.375. The SMILES string of the molecule is CC[C@H](C)NC(=O)[C@H](Cc1ccccc1)N(Cc1ccccc1)C(=O)CN(c1ccc2c(c1)OCCO2)S(=O)(=O)CC. The predicted molar refractivity (Wildman–Crippen MR) is 163 cm³/mol. The van der Waals surface area contributed by atoms with Crippen molar-refractivity contribution < 1.29 is 27.5 Å². The third-order valence-corrected chi connectivity index (χ3v) is 9.00. The molecule has 9 nitrogen and oxygen atoms in total. The van der Waals surface area contributed by atoms with Gasteiger partial charge in [0.25, 0.3) is 0 Å². The first-order valence-corrected chi connectivity index (χ1v) is 15.9. The number of amides is 2. The van der Waals surface area contributed by atoms with Crippen LogP contribution in [0.25, 0.3) is 0 Å². The van der Waals surface area contributed by atoms with Crippen molar-refractivity contribution in [3.05, 3.63) is 90.0 Å². The fourth-order valence-corrected chi connectivity index (χ4v) is 5.74. The molecular formula is C32H39N3O6S. The first-order chi connectivity index (χ1) is 20.2. The number of anilines is 1. The number of rotatable bonds is 13. The normalized spacial score (nSPS) is 14.0. The summed E-state index contributed by atoms with van der Waals surface area (Å²) in [5, 5.41) is 3.04. The highest BCUT2D eigenvalue weighted by atomic mass is 32.2. The Morgan fingerprint density at radius 1 is 0.881 bits per heavy atom. The number of hydrogen-bond donors (Lipinski definition) is 1. The summed E-state index contributed by atoms with van der Waals surface area (Å²) in [5.41, 5.74) is 2.00. The Hall–Kier alpha value is -4.05. The van der Waals surface area contributed by atoms with Crippen molar-refractivity contribution in [2.45, 2.75) is 52.2 Å². The van der Waals surface area contributed by atoms with Crippen LogP contribution in [0.1, 0.15) is 38.3 Å². The monoisotopic (exact) mass is 593 g/mol. The van der Waals surface area contributed by atoms with Gasteiger partial charge in [0, 0.05) is 25.1 Å². The van der Waals surface area contributed by atoms with E-state index in [9.17, 15) is 18.0 Å². The van der Waals surface area contributed by atoms with E-state index in [1.807, 2.05) is 74.5 Å². The lowest BCUT2D eigenvalue weighted by atomic mass is 10.0. The minimum Gasteiger partial charge on any atom is -0.486 e. The second kappa shape index (κ2) is 14.2. The quantitative estimate of drug-likeness (QED) is 0.319. The Morgan fingerprint density at radius 3 is 2.12 bits per heavy atom. The van der Waals surface area contributed by atoms with Crippen molar-refractivity contribution in [1.82, 2.24) is 10.2 Å². The van der Waals surface area contributed by atoms with Gasteiger partial charge in [-0.15, -0.1) is 0 Å². The van der Waals surface area contributed by atoms with Gasteiger partial charge in [-0.2, -0.15) is 0 Å². The van der Waals surface area contributed by atoms with E-state index < -0.39 is 28.5 Å². The lowest BCUT2D eigenvalue weighted by molar-refractivity contribution is -0.140. The number of nitrogens with zero attached hydrogens (tertiary/aromatic N) is 2. The molecule has 1 heterocycles. The van der Waals surface area contributed by atoms with Crippen molar-refractivity contribution in [2.75, 3.05) is 29.8 Å². The number of ether oxygens (including phenoxy) is 2. The molecule has 2 atom stereocenters. The molecule has 3 aromatic rings. The number of hydrogen-bond acceptors (Lipinski definition) is 6. The summed E-state index contributed by atoms with van der Waals surface area (Å²) in [5.74, 6) is -0.0678. The molecule has 0 fully saturated rings. The molecule has 3 aromatic carbocycles. The van der Waals surface area contributed by atoms with E-state index in [1.165, 1.54) is 11.8 Å². The van der Waals surface area contributed by atoms with E-state index in [0.29, 0.717) is 24.7 Å². The molecule has 1 N–H and O–H groups in total. The van der Waals surface area contributed by atoms with Gasteiger partial charge in [-0.25, -0.2) is 8.42 Å². The van der Waals surface area contributed by atoms with Crippen molar-refractivity contribution in [2.24, 2.45) is 0 Å². The van der Waals surface area contributed by atoms with E-state index >= 15 is 0 Å². The van der Waals surface area contributed by atoms with Crippen molar-refractivity contribution in [1.29, 1.82) is 0 Å². The molecule has 10 heteroatoms. The molecule has 0 saturated carbocycles. The molecule has 1 aliphatic heterocycles. The van der Waals surface area contributed by atoms with E-state index in [2.05, 4.69) is 5.32 Å². The first kappa shape index (κ1) is 30.9. The molecule has 0 radical (unpaired) electrons. The average molecular weight is 594 g/mol. The standard InChI is InChI=1S/C32H39N3O6S/c1-4-24(3)33-32(37)28(20-25-12-8-6-9-13-25)34(22-26-14-10-7-11-15-26)31(36)23-35(42(38,39)5-2)27-16-17-29-30(21-27)41-19-18-40-29/h6-17,21,24,28H,4-5,18-20,22-23H2,1-3H3,(H,33,37)/t24-,28-/m0/s1. The van der Waals surface area contributed by atoms with Crippen LogP contribution in [-0.2, 0) is 32.6 Å². The Balaban J connectivity index is 1.73. The maximum absolute atomic E-state index is 14.3. The number of sulfonamides is 1. The van der Waals surface area contributed by atoms with E-state index in [1.54, 1.807) is 18.2 Å². The summed E-state index contributed by atoms with van der Waals surface area (Å²) in [6.07, 6.45) is 0.995. The van der Waals surface area contributed by atoms with Gasteiger partial charge in [0.2, 0.25) is 21.8 Å². The maximum Gasteiger partial charge on any atom is 0.244 e. The summed E-state index contributed by atoms with van der Waals surface area (Å²) in [7, 11) is -3.88. The Labute approximate surface area is 248 Å². The van der Waals surface area contributed by atoms with Crippen LogP contribution < -0.4 is 19.1 Å². The lowest BCUT2D eigenvalue weighted by Gasteiger charge is -2.34. The van der Waals surface area contributed by atoms with Crippen LogP contribution in [0, 0.1) is 0 Å². The van der Waals surface area contributed by atoms with Gasteiger partial charge in [0.05, 0.1) is 11.4 Å². The van der Waals surface area contributed by atoms with Crippen LogP contribution in [0.15, 0.2) is 78.9 Å². The molecule has 0 unspecified atom stereocenters. The largest absolute Gasteiger partial charge is 0.486 e. The molecule has 1 aliphatic rings. The third-order valence-electron chi connectivity index (χ3n) is 7.26. The third kappa shape index (κ3) is 7.82. The maximum atomic E-state index is 14.3. The lowest BCUT2D eigenvalue weighted by Crippen LogP contribution is -2.54. The van der Waals surface area contributed by atoms with Crippen LogP contribution >= 0.6 is 0 Å². The van der Waals surface area contributed by atoms with E-state index in [0.717, 1.165) is 21.9 Å². The van der Waals surface area contributed by atoms with Crippen LogP contribution in [0.5, 0.6) is 11.5 Å². The van der Waals surface area contributed by atoms with Gasteiger partial charge in [-0.05, 0) is 43.5 Å². The summed E-state index contributed by atoms with van der Waals surface area (Å²) < 4.78 is 39.1. The predicted octanol–water partition coefficient (Wildman–Crippen LogP) is 4.17. The van der Waals surface area contributed by atoms with Crippen LogP contribution in [0.3, 0.4) is 0 Å². The van der Waals surface area contributed by atoms with Crippen LogP contribution in [0.4, 0.5) is 5.69 Å². The number of fused-ring (bicyclic) bond motifs is 1. The zero-order valence-electron chi connectivity index (χ0n) is 24.4. The second-order valence-electron chi connectivity index (χ2n) is 10.3. The van der Waals surface area contributed by atoms with Crippen molar-refractivity contribution in [3.8, 4) is 11.5 Å². The first-order valence-electron chi connectivity index (χ1n) is 14.3. The molecule has 0 saturated heterocycles. The highest BCUT2D eigenvalue weighted by molar-refractivity contribution is 7.92. The molecule has 0 spiro atoms. The Morgan fingerprint density at radius 2 is 1.50 bits per heavy atom. The fourth-order valence-electron chi connectivity index (χ4n) is 4.68. The molecule has 2 amide bonds. The van der Waals surface area contributed by atoms with Gasteiger partial charge >= 0.3 is 0 Å². The van der Waals surface area contributed by atoms with E-state index in [-0.39, 0.29) is 36.4 Å². The molecule has 4 rings (SSSR count). The molecule has 42 heavy (non-hydrogen) atoms. The molecule has 224 valence electrons. The van der Waals surface area contributed by atoms with Crippen molar-refractivity contribution >= 4 is 27.5 Å². The van der Waals surface area contributed by atoms with Gasteiger partial charge in [-0.1, -0.05) is 67.6 Å². The topological polar surface area (TPSA) is 105 Å². The summed E-state index contributed by atoms with van der Waals surface area (Å²) in [4.78, 5) is 29.5. The summed E-state index contributed by atoms with van der Waals surface area (Å²) in [6, 6.07) is 22.7. The van der Waals surface area contributed by atoms with Gasteiger partial charge in [-0.3, -0.25) is 13.9 Å². The van der Waals surface area contributed by atoms with Gasteiger partial charge < -0.3 is 19.7 Å². The molecular weight excluding hydrogens is 554 g/mol. The highest BCUT2D eigenvalue weighted by Crippen LogP contribution is 2.35. The molecule has 0 aromatic heterocycles.